The van der Waals surface area contributed by atoms with Gasteiger partial charge in [0.1, 0.15) is 0 Å². The predicted octanol–water partition coefficient (Wildman–Crippen LogP) is 1.36. The number of nitrogens with one attached hydrogen (secondary N) is 1. The molecule has 0 atom stereocenters. The Morgan fingerprint density at radius 1 is 1.55 bits per heavy atom. The van der Waals surface area contributed by atoms with Crippen LogP contribution in [0.15, 0.2) is 28.8 Å². The summed E-state index contributed by atoms with van der Waals surface area (Å²) >= 11 is 1.67. The van der Waals surface area contributed by atoms with E-state index in [9.17, 15) is 0 Å². The summed E-state index contributed by atoms with van der Waals surface area (Å²) in [5, 5.41) is 10.7. The molecule has 2 rings (SSSR count). The lowest BCUT2D eigenvalue weighted by Gasteiger charge is -2.21. The Morgan fingerprint density at radius 3 is 3.00 bits per heavy atom. The van der Waals surface area contributed by atoms with Gasteiger partial charge in [-0.3, -0.25) is 9.67 Å². The van der Waals surface area contributed by atoms with E-state index in [4.69, 9.17) is 0 Å². The molecule has 0 saturated carbocycles. The minimum Gasteiger partial charge on any atom is -0.354 e. The molecule has 0 aliphatic rings. The lowest BCUT2D eigenvalue weighted by molar-refractivity contribution is 0.465. The highest BCUT2D eigenvalue weighted by atomic mass is 32.1. The van der Waals surface area contributed by atoms with Crippen LogP contribution in [0.1, 0.15) is 10.7 Å². The molecule has 0 amide bonds. The molecule has 2 heterocycles. The highest BCUT2D eigenvalue weighted by Crippen LogP contribution is 2.09. The molecule has 7 heteroatoms. The second-order valence-electron chi connectivity index (χ2n) is 4.46. The zero-order chi connectivity index (χ0) is 14.4. The largest absolute Gasteiger partial charge is 0.354 e. The molecule has 0 fully saturated rings. The third-order valence-electron chi connectivity index (χ3n) is 2.82. The highest BCUT2D eigenvalue weighted by Gasteiger charge is 2.08. The fourth-order valence-electron chi connectivity index (χ4n) is 1.90. The van der Waals surface area contributed by atoms with Crippen LogP contribution < -0.4 is 5.32 Å². The molecule has 0 spiro atoms. The van der Waals surface area contributed by atoms with Gasteiger partial charge in [-0.15, -0.1) is 11.3 Å². The van der Waals surface area contributed by atoms with Gasteiger partial charge in [-0.05, 0) is 13.0 Å². The van der Waals surface area contributed by atoms with E-state index < -0.39 is 0 Å². The van der Waals surface area contributed by atoms with Crippen molar-refractivity contribution < 1.29 is 0 Å². The number of guanidine groups is 1. The first-order valence-corrected chi connectivity index (χ1v) is 7.37. The number of aromatic nitrogens is 3. The first-order chi connectivity index (χ1) is 9.69. The van der Waals surface area contributed by atoms with Crippen LogP contribution in [0, 0.1) is 6.92 Å². The normalized spacial score (nSPS) is 11.7. The zero-order valence-corrected chi connectivity index (χ0v) is 12.9. The van der Waals surface area contributed by atoms with Gasteiger partial charge >= 0.3 is 0 Å². The number of hydrogen-bond acceptors (Lipinski definition) is 4. The molecule has 0 aliphatic heterocycles. The lowest BCUT2D eigenvalue weighted by Crippen LogP contribution is -2.39. The van der Waals surface area contributed by atoms with E-state index >= 15 is 0 Å². The lowest BCUT2D eigenvalue weighted by atomic mass is 10.4. The number of hydrogen-bond donors (Lipinski definition) is 1. The average molecular weight is 292 g/mol. The second-order valence-corrected chi connectivity index (χ2v) is 5.52. The van der Waals surface area contributed by atoms with Crippen molar-refractivity contribution in [2.24, 2.45) is 4.99 Å². The number of aliphatic imine (C=N–C) groups is 1. The van der Waals surface area contributed by atoms with Gasteiger partial charge in [0.2, 0.25) is 0 Å². The van der Waals surface area contributed by atoms with Gasteiger partial charge in [-0.25, -0.2) is 4.98 Å². The van der Waals surface area contributed by atoms with Crippen LogP contribution in [0.3, 0.4) is 0 Å². The van der Waals surface area contributed by atoms with Crippen molar-refractivity contribution in [2.45, 2.75) is 20.0 Å². The van der Waals surface area contributed by atoms with E-state index in [2.05, 4.69) is 30.7 Å². The molecular weight excluding hydrogens is 272 g/mol. The Labute approximate surface area is 123 Å². The van der Waals surface area contributed by atoms with Crippen molar-refractivity contribution in [1.29, 1.82) is 0 Å². The van der Waals surface area contributed by atoms with Gasteiger partial charge in [-0.1, -0.05) is 0 Å². The summed E-state index contributed by atoms with van der Waals surface area (Å²) in [6.07, 6.45) is 3.73. The average Bonchev–Trinajstić information content (AvgIpc) is 3.06. The molecule has 6 nitrogen and oxygen atoms in total. The summed E-state index contributed by atoms with van der Waals surface area (Å²) in [4.78, 5) is 10.8. The van der Waals surface area contributed by atoms with Crippen LogP contribution in [0.25, 0.3) is 0 Å². The maximum Gasteiger partial charge on any atom is 0.193 e. The molecule has 108 valence electrons. The molecular formula is C13H20N6S. The van der Waals surface area contributed by atoms with E-state index in [0.29, 0.717) is 0 Å². The molecule has 0 unspecified atom stereocenters. The van der Waals surface area contributed by atoms with E-state index in [1.54, 1.807) is 24.6 Å². The third kappa shape index (κ3) is 4.06. The topological polar surface area (TPSA) is 58.3 Å². The molecule has 0 bridgehead atoms. The predicted molar refractivity (Wildman–Crippen MR) is 81.9 cm³/mol. The molecule has 2 aromatic heterocycles. The third-order valence-corrected chi connectivity index (χ3v) is 3.64. The molecule has 1 N–H and O–H groups in total. The van der Waals surface area contributed by atoms with Gasteiger partial charge in [0.05, 0.1) is 23.8 Å². The Kier molecular flexibility index (Phi) is 5.11. The molecule has 0 aromatic carbocycles. The number of aryl methyl sites for hydroxylation is 1. The Balaban J connectivity index is 1.81. The van der Waals surface area contributed by atoms with Crippen molar-refractivity contribution >= 4 is 17.3 Å². The highest BCUT2D eigenvalue weighted by molar-refractivity contribution is 7.09. The molecule has 0 radical (unpaired) electrons. The van der Waals surface area contributed by atoms with Crippen molar-refractivity contribution in [3.63, 3.8) is 0 Å². The summed E-state index contributed by atoms with van der Waals surface area (Å²) in [7, 11) is 3.80. The van der Waals surface area contributed by atoms with Crippen molar-refractivity contribution in [1.82, 2.24) is 25.0 Å². The van der Waals surface area contributed by atoms with Crippen LogP contribution in [-0.2, 0) is 13.1 Å². The summed E-state index contributed by atoms with van der Waals surface area (Å²) in [5.74, 6) is 0.864. The minimum absolute atomic E-state index is 0.756. The quantitative estimate of drug-likeness (QED) is 0.668. The monoisotopic (exact) mass is 292 g/mol. The molecule has 0 saturated heterocycles. The number of rotatable bonds is 5. The summed E-state index contributed by atoms with van der Waals surface area (Å²) in [5.41, 5.74) is 1.07. The van der Waals surface area contributed by atoms with Crippen LogP contribution >= 0.6 is 11.3 Å². The first-order valence-electron chi connectivity index (χ1n) is 6.49. The fourth-order valence-corrected chi connectivity index (χ4v) is 2.50. The van der Waals surface area contributed by atoms with E-state index in [0.717, 1.165) is 36.3 Å². The summed E-state index contributed by atoms with van der Waals surface area (Å²) in [6, 6.07) is 1.92. The number of thiazole rings is 1. The van der Waals surface area contributed by atoms with Crippen molar-refractivity contribution in [3.05, 3.63) is 34.5 Å². The smallest absolute Gasteiger partial charge is 0.193 e. The second kappa shape index (κ2) is 7.04. The minimum atomic E-state index is 0.756. The number of nitrogens with zero attached hydrogens (tertiary/aromatic N) is 5. The summed E-state index contributed by atoms with van der Waals surface area (Å²) < 4.78 is 1.89. The van der Waals surface area contributed by atoms with Gasteiger partial charge in [0.25, 0.3) is 0 Å². The molecule has 20 heavy (non-hydrogen) atoms. The SMILES string of the molecule is CN=C(NCCn1cccn1)N(C)Cc1csc(C)n1. The maximum atomic E-state index is 4.47. The van der Waals surface area contributed by atoms with Crippen LogP contribution in [-0.4, -0.2) is 46.3 Å². The van der Waals surface area contributed by atoms with Crippen molar-refractivity contribution in [3.8, 4) is 0 Å². The van der Waals surface area contributed by atoms with Gasteiger partial charge in [0, 0.05) is 38.4 Å². The van der Waals surface area contributed by atoms with Crippen molar-refractivity contribution in [2.75, 3.05) is 20.6 Å². The van der Waals surface area contributed by atoms with E-state index in [1.165, 1.54) is 0 Å². The molecule has 0 aliphatic carbocycles. The van der Waals surface area contributed by atoms with E-state index in [-0.39, 0.29) is 0 Å². The van der Waals surface area contributed by atoms with Crippen LogP contribution in [0.2, 0.25) is 0 Å². The first kappa shape index (κ1) is 14.5. The molecule has 2 aromatic rings. The Morgan fingerprint density at radius 2 is 2.40 bits per heavy atom. The van der Waals surface area contributed by atoms with E-state index in [1.807, 2.05) is 30.9 Å². The van der Waals surface area contributed by atoms with Crippen LogP contribution in [0.4, 0.5) is 0 Å². The fraction of sp³-hybridized carbons (Fsp3) is 0.462. The zero-order valence-electron chi connectivity index (χ0n) is 12.1. The Bertz CT molecular complexity index is 545. The maximum absolute atomic E-state index is 4.47. The standard InChI is InChI=1S/C13H20N6S/c1-11-17-12(10-20-11)9-18(3)13(14-2)15-6-8-19-7-4-5-16-19/h4-5,7,10H,6,8-9H2,1-3H3,(H,14,15). The van der Waals surface area contributed by atoms with Gasteiger partial charge < -0.3 is 10.2 Å². The van der Waals surface area contributed by atoms with Gasteiger partial charge in [0.15, 0.2) is 5.96 Å². The summed E-state index contributed by atoms with van der Waals surface area (Å²) in [6.45, 7) is 4.38. The van der Waals surface area contributed by atoms with Crippen LogP contribution in [0.5, 0.6) is 0 Å². The van der Waals surface area contributed by atoms with Gasteiger partial charge in [-0.2, -0.15) is 5.10 Å². The Hall–Kier alpha value is -1.89.